The van der Waals surface area contributed by atoms with E-state index in [1.165, 1.54) is 11.8 Å². The average Bonchev–Trinajstić information content (AvgIpc) is 3.23. The topological polar surface area (TPSA) is 98.1 Å². The van der Waals surface area contributed by atoms with Crippen molar-refractivity contribution < 1.29 is 14.3 Å². The number of aromatic nitrogens is 3. The summed E-state index contributed by atoms with van der Waals surface area (Å²) in [4.78, 5) is 25.1. The molecule has 1 atom stereocenters. The first kappa shape index (κ1) is 26.3. The highest BCUT2D eigenvalue weighted by Crippen LogP contribution is 2.23. The molecule has 0 radical (unpaired) electrons. The molecule has 0 fully saturated rings. The Bertz CT molecular complexity index is 1200. The van der Waals surface area contributed by atoms with Gasteiger partial charge < -0.3 is 19.9 Å². The van der Waals surface area contributed by atoms with Gasteiger partial charge in [-0.2, -0.15) is 0 Å². The molecular formula is C25H28ClN5O3S. The van der Waals surface area contributed by atoms with Crippen molar-refractivity contribution in [3.63, 3.8) is 0 Å². The number of ether oxygens (including phenoxy) is 1. The molecule has 3 rings (SSSR count). The number of benzene rings is 2. The van der Waals surface area contributed by atoms with Gasteiger partial charge >= 0.3 is 0 Å². The highest BCUT2D eigenvalue weighted by molar-refractivity contribution is 7.99. The summed E-state index contributed by atoms with van der Waals surface area (Å²) in [7, 11) is 1.60. The van der Waals surface area contributed by atoms with Crippen LogP contribution < -0.4 is 15.4 Å². The molecule has 0 saturated carbocycles. The fourth-order valence-corrected chi connectivity index (χ4v) is 4.29. The number of nitrogens with zero attached hydrogens (tertiary/aromatic N) is 3. The summed E-state index contributed by atoms with van der Waals surface area (Å²) in [5.74, 6) is 1.14. The minimum atomic E-state index is -0.384. The maximum atomic E-state index is 12.6. The highest BCUT2D eigenvalue weighted by atomic mass is 35.5. The number of aryl methyl sites for hydroxylation is 1. The van der Waals surface area contributed by atoms with Crippen LogP contribution in [0.1, 0.15) is 29.9 Å². The lowest BCUT2D eigenvalue weighted by molar-refractivity contribution is -0.121. The maximum Gasteiger partial charge on any atom is 0.234 e. The SMILES string of the molecule is C=CCn1c(SCC(=O)Nc2cc(Cl)ccc2C)nnc1[C@H](C)NC(=O)Cc1ccc(OC)cc1. The zero-order valence-electron chi connectivity index (χ0n) is 19.9. The van der Waals surface area contributed by atoms with Gasteiger partial charge in [0, 0.05) is 17.3 Å². The summed E-state index contributed by atoms with van der Waals surface area (Å²) in [6.07, 6.45) is 1.95. The maximum absolute atomic E-state index is 12.6. The van der Waals surface area contributed by atoms with Crippen molar-refractivity contribution in [2.75, 3.05) is 18.2 Å². The normalized spacial score (nSPS) is 11.5. The second-order valence-corrected chi connectivity index (χ2v) is 9.23. The minimum absolute atomic E-state index is 0.138. The number of halogens is 1. The van der Waals surface area contributed by atoms with E-state index in [-0.39, 0.29) is 30.0 Å². The molecule has 2 aromatic carbocycles. The third-order valence-corrected chi connectivity index (χ3v) is 6.35. The summed E-state index contributed by atoms with van der Waals surface area (Å²) in [5, 5.41) is 15.5. The van der Waals surface area contributed by atoms with Gasteiger partial charge in [-0.05, 0) is 49.2 Å². The van der Waals surface area contributed by atoms with E-state index in [0.717, 1.165) is 16.9 Å². The van der Waals surface area contributed by atoms with Crippen LogP contribution >= 0.6 is 23.4 Å². The molecule has 0 aliphatic carbocycles. The second kappa shape index (κ2) is 12.4. The number of hydrogen-bond acceptors (Lipinski definition) is 6. The molecule has 2 N–H and O–H groups in total. The lowest BCUT2D eigenvalue weighted by atomic mass is 10.1. The lowest BCUT2D eigenvalue weighted by Gasteiger charge is -2.15. The number of hydrogen-bond donors (Lipinski definition) is 2. The number of rotatable bonds is 11. The minimum Gasteiger partial charge on any atom is -0.497 e. The van der Waals surface area contributed by atoms with E-state index in [2.05, 4.69) is 27.4 Å². The summed E-state index contributed by atoms with van der Waals surface area (Å²) in [6.45, 7) is 7.99. The number of nitrogens with one attached hydrogen (secondary N) is 2. The standard InChI is InChI=1S/C25H28ClN5O3S/c1-5-12-31-24(17(3)27-22(32)13-18-7-10-20(34-4)11-8-18)29-30-25(31)35-15-23(33)28-21-14-19(26)9-6-16(21)2/h5-11,14,17H,1,12-13,15H2,2-4H3,(H,27,32)(H,28,33)/t17-/m0/s1. The summed E-state index contributed by atoms with van der Waals surface area (Å²) < 4.78 is 6.99. The Hall–Kier alpha value is -3.30. The fourth-order valence-electron chi connectivity index (χ4n) is 3.36. The van der Waals surface area contributed by atoms with Gasteiger partial charge in [-0.25, -0.2) is 0 Å². The van der Waals surface area contributed by atoms with Crippen molar-refractivity contribution >= 4 is 40.9 Å². The third kappa shape index (κ3) is 7.34. The molecule has 1 aromatic heterocycles. The number of allylic oxidation sites excluding steroid dienone is 1. The smallest absolute Gasteiger partial charge is 0.234 e. The molecule has 0 unspecified atom stereocenters. The number of amides is 2. The van der Waals surface area contributed by atoms with Gasteiger partial charge in [0.25, 0.3) is 0 Å². The molecule has 0 spiro atoms. The first-order chi connectivity index (χ1) is 16.8. The monoisotopic (exact) mass is 513 g/mol. The molecule has 3 aromatic rings. The number of carbonyl (C=O) groups is 2. The van der Waals surface area contributed by atoms with Crippen LogP contribution in [0.3, 0.4) is 0 Å². The first-order valence-electron chi connectivity index (χ1n) is 11.0. The Morgan fingerprint density at radius 2 is 1.94 bits per heavy atom. The van der Waals surface area contributed by atoms with E-state index in [0.29, 0.717) is 28.2 Å². The van der Waals surface area contributed by atoms with Crippen LogP contribution in [0, 0.1) is 6.92 Å². The van der Waals surface area contributed by atoms with E-state index in [1.54, 1.807) is 25.3 Å². The van der Waals surface area contributed by atoms with Crippen LogP contribution in [-0.4, -0.2) is 39.4 Å². The van der Waals surface area contributed by atoms with Crippen LogP contribution in [0.2, 0.25) is 5.02 Å². The number of methoxy groups -OCH3 is 1. The Labute approximate surface area is 214 Å². The van der Waals surface area contributed by atoms with Gasteiger partial charge in [0.2, 0.25) is 11.8 Å². The number of thioether (sulfide) groups is 1. The molecule has 35 heavy (non-hydrogen) atoms. The first-order valence-corrected chi connectivity index (χ1v) is 12.3. The average molecular weight is 514 g/mol. The van der Waals surface area contributed by atoms with Crippen LogP contribution in [0.25, 0.3) is 0 Å². The Kier molecular flexibility index (Phi) is 9.33. The number of carbonyl (C=O) groups excluding carboxylic acids is 2. The molecule has 0 aliphatic rings. The quantitative estimate of drug-likeness (QED) is 0.287. The van der Waals surface area contributed by atoms with Gasteiger partial charge in [0.05, 0.1) is 25.3 Å². The molecule has 1 heterocycles. The Morgan fingerprint density at radius 1 is 1.20 bits per heavy atom. The predicted octanol–water partition coefficient (Wildman–Crippen LogP) is 4.59. The predicted molar refractivity (Wildman–Crippen MR) is 139 cm³/mol. The molecule has 184 valence electrons. The van der Waals surface area contributed by atoms with Crippen molar-refractivity contribution in [2.24, 2.45) is 0 Å². The van der Waals surface area contributed by atoms with Gasteiger partial charge in [-0.15, -0.1) is 16.8 Å². The largest absolute Gasteiger partial charge is 0.497 e. The van der Waals surface area contributed by atoms with Crippen molar-refractivity contribution in [1.29, 1.82) is 0 Å². The van der Waals surface area contributed by atoms with Crippen LogP contribution in [0.5, 0.6) is 5.75 Å². The molecular weight excluding hydrogens is 486 g/mol. The van der Waals surface area contributed by atoms with E-state index >= 15 is 0 Å². The highest BCUT2D eigenvalue weighted by Gasteiger charge is 2.20. The van der Waals surface area contributed by atoms with E-state index in [1.807, 2.05) is 48.7 Å². The fraction of sp³-hybridized carbons (Fsp3) is 0.280. The molecule has 10 heteroatoms. The molecule has 2 amide bonds. The molecule has 0 saturated heterocycles. The van der Waals surface area contributed by atoms with Gasteiger partial charge in [-0.3, -0.25) is 9.59 Å². The van der Waals surface area contributed by atoms with Crippen LogP contribution in [-0.2, 0) is 22.6 Å². The van der Waals surface area contributed by atoms with Crippen molar-refractivity contribution in [3.05, 3.63) is 77.1 Å². The third-order valence-electron chi connectivity index (χ3n) is 5.15. The van der Waals surface area contributed by atoms with Gasteiger partial charge in [0.1, 0.15) is 5.75 Å². The van der Waals surface area contributed by atoms with Gasteiger partial charge in [0.15, 0.2) is 11.0 Å². The van der Waals surface area contributed by atoms with E-state index in [4.69, 9.17) is 16.3 Å². The Balaban J connectivity index is 1.62. The second-order valence-electron chi connectivity index (χ2n) is 7.85. The summed E-state index contributed by atoms with van der Waals surface area (Å²) in [5.41, 5.74) is 2.47. The lowest BCUT2D eigenvalue weighted by Crippen LogP contribution is -2.30. The summed E-state index contributed by atoms with van der Waals surface area (Å²) >= 11 is 7.29. The van der Waals surface area contributed by atoms with Crippen LogP contribution in [0.15, 0.2) is 60.3 Å². The summed E-state index contributed by atoms with van der Waals surface area (Å²) in [6, 6.07) is 12.3. The molecule has 0 bridgehead atoms. The number of anilines is 1. The zero-order chi connectivity index (χ0) is 25.4. The van der Waals surface area contributed by atoms with Gasteiger partial charge in [-0.1, -0.05) is 47.6 Å². The van der Waals surface area contributed by atoms with Crippen molar-refractivity contribution in [3.8, 4) is 5.75 Å². The van der Waals surface area contributed by atoms with Crippen molar-refractivity contribution in [2.45, 2.75) is 38.0 Å². The van der Waals surface area contributed by atoms with Crippen LogP contribution in [0.4, 0.5) is 5.69 Å². The van der Waals surface area contributed by atoms with E-state index in [9.17, 15) is 9.59 Å². The zero-order valence-corrected chi connectivity index (χ0v) is 21.4. The Morgan fingerprint density at radius 3 is 2.63 bits per heavy atom. The molecule has 0 aliphatic heterocycles. The molecule has 8 nitrogen and oxygen atoms in total. The van der Waals surface area contributed by atoms with Crippen molar-refractivity contribution in [1.82, 2.24) is 20.1 Å². The van der Waals surface area contributed by atoms with E-state index < -0.39 is 0 Å².